The number of ether oxygens (including phenoxy) is 1. The maximum Gasteiger partial charge on any atom is 0.310 e. The fourth-order valence-corrected chi connectivity index (χ4v) is 2.65. The number of esters is 1. The number of hydrogen-bond acceptors (Lipinski definition) is 3. The van der Waals surface area contributed by atoms with Crippen LogP contribution in [0.4, 0.5) is 0 Å². The molecular weight excluding hydrogens is 256 g/mol. The molecule has 0 bridgehead atoms. The minimum Gasteiger partial charge on any atom is -0.481 e. The number of carbonyl (C=O) groups is 2. The Morgan fingerprint density at radius 2 is 1.75 bits per heavy atom. The molecule has 108 valence electrons. The van der Waals surface area contributed by atoms with Gasteiger partial charge in [0.15, 0.2) is 0 Å². The standard InChI is InChI=1S/C16H20O4/c1-11-6-8-12(9-7-11)10-20-16(19)14-5-3-2-4-13(14)15(17)18/h6-9,13-14H,2-5,10H2,1H3,(H,17,18). The number of hydrogen-bond donors (Lipinski definition) is 1. The van der Waals surface area contributed by atoms with Crippen LogP contribution in [-0.2, 0) is 20.9 Å². The first-order valence-corrected chi connectivity index (χ1v) is 7.03. The summed E-state index contributed by atoms with van der Waals surface area (Å²) in [5, 5.41) is 9.17. The summed E-state index contributed by atoms with van der Waals surface area (Å²) in [6.45, 7) is 2.21. The molecule has 1 N–H and O–H groups in total. The number of rotatable bonds is 4. The molecule has 0 spiro atoms. The SMILES string of the molecule is Cc1ccc(COC(=O)C2CCCCC2C(=O)O)cc1. The van der Waals surface area contributed by atoms with Crippen LogP contribution in [0.3, 0.4) is 0 Å². The maximum absolute atomic E-state index is 12.1. The van der Waals surface area contributed by atoms with E-state index < -0.39 is 17.8 Å². The van der Waals surface area contributed by atoms with Gasteiger partial charge in [0.1, 0.15) is 6.61 Å². The Morgan fingerprint density at radius 3 is 2.35 bits per heavy atom. The molecule has 0 radical (unpaired) electrons. The minimum absolute atomic E-state index is 0.210. The molecule has 0 saturated heterocycles. The van der Waals surface area contributed by atoms with Crippen molar-refractivity contribution in [2.24, 2.45) is 11.8 Å². The van der Waals surface area contributed by atoms with Gasteiger partial charge in [-0.3, -0.25) is 9.59 Å². The van der Waals surface area contributed by atoms with E-state index in [1.165, 1.54) is 0 Å². The van der Waals surface area contributed by atoms with Crippen LogP contribution >= 0.6 is 0 Å². The summed E-state index contributed by atoms with van der Waals surface area (Å²) >= 11 is 0. The van der Waals surface area contributed by atoms with E-state index in [9.17, 15) is 9.59 Å². The molecule has 4 heteroatoms. The van der Waals surface area contributed by atoms with Crippen LogP contribution in [0.5, 0.6) is 0 Å². The summed E-state index contributed by atoms with van der Waals surface area (Å²) in [4.78, 5) is 23.2. The Kier molecular flexibility index (Phi) is 4.77. The Morgan fingerprint density at radius 1 is 1.15 bits per heavy atom. The predicted octanol–water partition coefficient (Wildman–Crippen LogP) is 2.93. The van der Waals surface area contributed by atoms with Gasteiger partial charge in [-0.1, -0.05) is 42.7 Å². The molecule has 2 rings (SSSR count). The molecule has 4 nitrogen and oxygen atoms in total. The summed E-state index contributed by atoms with van der Waals surface area (Å²) in [6, 6.07) is 7.75. The molecule has 1 aromatic carbocycles. The van der Waals surface area contributed by atoms with Crippen molar-refractivity contribution < 1.29 is 19.4 Å². The lowest BCUT2D eigenvalue weighted by Crippen LogP contribution is -2.33. The van der Waals surface area contributed by atoms with E-state index in [-0.39, 0.29) is 12.6 Å². The first-order chi connectivity index (χ1) is 9.58. The quantitative estimate of drug-likeness (QED) is 0.859. The molecule has 0 heterocycles. The highest BCUT2D eigenvalue weighted by Gasteiger charge is 2.36. The molecule has 1 aliphatic rings. The van der Waals surface area contributed by atoms with Crippen molar-refractivity contribution in [1.29, 1.82) is 0 Å². The molecular formula is C16H20O4. The second-order valence-electron chi connectivity index (χ2n) is 5.43. The van der Waals surface area contributed by atoms with Gasteiger partial charge >= 0.3 is 11.9 Å². The van der Waals surface area contributed by atoms with Gasteiger partial charge in [0, 0.05) is 0 Å². The van der Waals surface area contributed by atoms with Gasteiger partial charge in [0.25, 0.3) is 0 Å². The van der Waals surface area contributed by atoms with Crippen molar-refractivity contribution in [3.8, 4) is 0 Å². The summed E-state index contributed by atoms with van der Waals surface area (Å²) < 4.78 is 5.29. The van der Waals surface area contributed by atoms with Gasteiger partial charge in [-0.05, 0) is 25.3 Å². The van der Waals surface area contributed by atoms with Crippen LogP contribution < -0.4 is 0 Å². The summed E-state index contributed by atoms with van der Waals surface area (Å²) in [5.41, 5.74) is 2.07. The van der Waals surface area contributed by atoms with Crippen molar-refractivity contribution in [1.82, 2.24) is 0 Å². The maximum atomic E-state index is 12.1. The second-order valence-corrected chi connectivity index (χ2v) is 5.43. The highest BCUT2D eigenvalue weighted by atomic mass is 16.5. The number of aryl methyl sites for hydroxylation is 1. The monoisotopic (exact) mass is 276 g/mol. The van der Waals surface area contributed by atoms with Gasteiger partial charge in [0.2, 0.25) is 0 Å². The van der Waals surface area contributed by atoms with E-state index in [1.807, 2.05) is 31.2 Å². The Hall–Kier alpha value is -1.84. The normalized spacial score (nSPS) is 22.2. The van der Waals surface area contributed by atoms with Crippen molar-refractivity contribution in [3.05, 3.63) is 35.4 Å². The average molecular weight is 276 g/mol. The third-order valence-corrected chi connectivity index (χ3v) is 3.89. The summed E-state index contributed by atoms with van der Waals surface area (Å²) in [6.07, 6.45) is 2.95. The lowest BCUT2D eigenvalue weighted by molar-refractivity contribution is -0.160. The predicted molar refractivity (Wildman–Crippen MR) is 74.1 cm³/mol. The lowest BCUT2D eigenvalue weighted by Gasteiger charge is -2.26. The largest absolute Gasteiger partial charge is 0.481 e. The van der Waals surface area contributed by atoms with Gasteiger partial charge in [-0.25, -0.2) is 0 Å². The Bertz CT molecular complexity index is 478. The van der Waals surface area contributed by atoms with Crippen molar-refractivity contribution in [2.45, 2.75) is 39.2 Å². The zero-order chi connectivity index (χ0) is 14.5. The molecule has 0 amide bonds. The Labute approximate surface area is 118 Å². The highest BCUT2D eigenvalue weighted by Crippen LogP contribution is 2.31. The molecule has 2 atom stereocenters. The molecule has 1 fully saturated rings. The van der Waals surface area contributed by atoms with E-state index in [0.29, 0.717) is 12.8 Å². The number of carboxylic acids is 1. The highest BCUT2D eigenvalue weighted by molar-refractivity contribution is 5.81. The third-order valence-electron chi connectivity index (χ3n) is 3.89. The fourth-order valence-electron chi connectivity index (χ4n) is 2.65. The van der Waals surface area contributed by atoms with E-state index in [4.69, 9.17) is 9.84 Å². The molecule has 1 aromatic rings. The van der Waals surface area contributed by atoms with E-state index in [2.05, 4.69) is 0 Å². The van der Waals surface area contributed by atoms with Crippen molar-refractivity contribution in [3.63, 3.8) is 0 Å². The van der Waals surface area contributed by atoms with Crippen molar-refractivity contribution >= 4 is 11.9 Å². The van der Waals surface area contributed by atoms with Crippen LogP contribution in [0.1, 0.15) is 36.8 Å². The van der Waals surface area contributed by atoms with Crippen LogP contribution in [0.15, 0.2) is 24.3 Å². The smallest absolute Gasteiger partial charge is 0.310 e. The van der Waals surface area contributed by atoms with E-state index in [1.54, 1.807) is 0 Å². The average Bonchev–Trinajstić information content (AvgIpc) is 2.46. The topological polar surface area (TPSA) is 63.6 Å². The van der Waals surface area contributed by atoms with Crippen LogP contribution in [0, 0.1) is 18.8 Å². The number of benzene rings is 1. The molecule has 20 heavy (non-hydrogen) atoms. The Balaban J connectivity index is 1.93. The molecule has 0 aromatic heterocycles. The summed E-state index contributed by atoms with van der Waals surface area (Å²) in [5.74, 6) is -2.35. The van der Waals surface area contributed by atoms with Gasteiger partial charge in [0.05, 0.1) is 11.8 Å². The van der Waals surface area contributed by atoms with E-state index in [0.717, 1.165) is 24.0 Å². The first kappa shape index (κ1) is 14.6. The lowest BCUT2D eigenvalue weighted by atomic mass is 9.79. The molecule has 0 aliphatic heterocycles. The fraction of sp³-hybridized carbons (Fsp3) is 0.500. The van der Waals surface area contributed by atoms with Gasteiger partial charge in [-0.15, -0.1) is 0 Å². The van der Waals surface area contributed by atoms with E-state index >= 15 is 0 Å². The molecule has 1 saturated carbocycles. The zero-order valence-corrected chi connectivity index (χ0v) is 11.7. The van der Waals surface area contributed by atoms with Gasteiger partial charge < -0.3 is 9.84 Å². The number of aliphatic carboxylic acids is 1. The van der Waals surface area contributed by atoms with Crippen molar-refractivity contribution in [2.75, 3.05) is 0 Å². The second kappa shape index (κ2) is 6.55. The minimum atomic E-state index is -0.887. The number of carbonyl (C=O) groups excluding carboxylic acids is 1. The van der Waals surface area contributed by atoms with Crippen LogP contribution in [0.25, 0.3) is 0 Å². The third kappa shape index (κ3) is 3.59. The van der Waals surface area contributed by atoms with Gasteiger partial charge in [-0.2, -0.15) is 0 Å². The molecule has 1 aliphatic carbocycles. The van der Waals surface area contributed by atoms with Crippen LogP contribution in [0.2, 0.25) is 0 Å². The number of carboxylic acid groups (broad SMARTS) is 1. The molecule has 2 unspecified atom stereocenters. The summed E-state index contributed by atoms with van der Waals surface area (Å²) in [7, 11) is 0. The first-order valence-electron chi connectivity index (χ1n) is 7.03. The zero-order valence-electron chi connectivity index (χ0n) is 11.7. The van der Waals surface area contributed by atoms with Crippen LogP contribution in [-0.4, -0.2) is 17.0 Å².